The lowest BCUT2D eigenvalue weighted by Gasteiger charge is -1.86. The van der Waals surface area contributed by atoms with E-state index in [9.17, 15) is 4.79 Å². The van der Waals surface area contributed by atoms with E-state index in [0.29, 0.717) is 5.69 Å². The van der Waals surface area contributed by atoms with Crippen LogP contribution in [0, 0.1) is 6.92 Å². The molecule has 54 valence electrons. The second-order valence-electron chi connectivity index (χ2n) is 1.94. The first kappa shape index (κ1) is 7.28. The number of ketones is 1. The molecule has 0 saturated heterocycles. The summed E-state index contributed by atoms with van der Waals surface area (Å²) in [5.41, 5.74) is 0.479. The van der Waals surface area contributed by atoms with Crippen LogP contribution in [0.2, 0.25) is 0 Å². The van der Waals surface area contributed by atoms with Crippen LogP contribution in [0.5, 0.6) is 0 Å². The van der Waals surface area contributed by atoms with E-state index in [2.05, 4.69) is 9.97 Å². The lowest BCUT2D eigenvalue weighted by atomic mass is 10.3. The predicted molar refractivity (Wildman–Crippen MR) is 38.4 cm³/mol. The van der Waals surface area contributed by atoms with Crippen molar-refractivity contribution in [2.45, 2.75) is 6.92 Å². The number of halogens is 1. The standard InChI is InChI=1S/C6H7ClN2O/c1-4-8-3-5(9-4)6(10)2-7/h3H,2H2,1H3,(H,8,9). The average Bonchev–Trinajstić information content (AvgIpc) is 2.34. The molecule has 1 heterocycles. The molecule has 1 rings (SSSR count). The van der Waals surface area contributed by atoms with Crippen molar-refractivity contribution in [3.05, 3.63) is 17.7 Å². The number of hydrogen-bond donors (Lipinski definition) is 1. The summed E-state index contributed by atoms with van der Waals surface area (Å²) in [4.78, 5) is 17.5. The van der Waals surface area contributed by atoms with Gasteiger partial charge in [-0.05, 0) is 6.92 Å². The molecule has 0 bridgehead atoms. The van der Waals surface area contributed by atoms with Crippen molar-refractivity contribution in [3.8, 4) is 0 Å². The van der Waals surface area contributed by atoms with E-state index in [0.717, 1.165) is 5.82 Å². The van der Waals surface area contributed by atoms with E-state index in [-0.39, 0.29) is 11.7 Å². The fraction of sp³-hybridized carbons (Fsp3) is 0.333. The van der Waals surface area contributed by atoms with Crippen molar-refractivity contribution >= 4 is 17.4 Å². The fourth-order valence-electron chi connectivity index (χ4n) is 0.635. The second kappa shape index (κ2) is 2.84. The van der Waals surface area contributed by atoms with Gasteiger partial charge in [0.05, 0.1) is 12.1 Å². The SMILES string of the molecule is Cc1ncc(C(=O)CCl)[nH]1. The van der Waals surface area contributed by atoms with Crippen molar-refractivity contribution in [2.75, 3.05) is 5.88 Å². The lowest BCUT2D eigenvalue weighted by molar-refractivity contribution is 0.101. The molecule has 1 aromatic rings. The van der Waals surface area contributed by atoms with Crippen molar-refractivity contribution in [3.63, 3.8) is 0 Å². The number of imidazole rings is 1. The van der Waals surface area contributed by atoms with E-state index < -0.39 is 0 Å². The van der Waals surface area contributed by atoms with Crippen LogP contribution in [0.4, 0.5) is 0 Å². The Morgan fingerprint density at radius 2 is 2.60 bits per heavy atom. The molecular formula is C6H7ClN2O. The number of Topliss-reactive ketones (excluding diaryl/α,β-unsaturated/α-hetero) is 1. The summed E-state index contributed by atoms with van der Waals surface area (Å²) in [6.07, 6.45) is 1.49. The third-order valence-corrected chi connectivity index (χ3v) is 1.37. The number of alkyl halides is 1. The fourth-order valence-corrected chi connectivity index (χ4v) is 0.778. The average molecular weight is 159 g/mol. The van der Waals surface area contributed by atoms with E-state index in [1.54, 1.807) is 6.92 Å². The maximum absolute atomic E-state index is 10.8. The zero-order valence-corrected chi connectivity index (χ0v) is 6.27. The first-order valence-electron chi connectivity index (χ1n) is 2.85. The van der Waals surface area contributed by atoms with Gasteiger partial charge >= 0.3 is 0 Å². The summed E-state index contributed by atoms with van der Waals surface area (Å²) < 4.78 is 0. The highest BCUT2D eigenvalue weighted by Gasteiger charge is 2.04. The number of aromatic amines is 1. The van der Waals surface area contributed by atoms with Gasteiger partial charge in [-0.3, -0.25) is 4.79 Å². The van der Waals surface area contributed by atoms with Crippen LogP contribution >= 0.6 is 11.6 Å². The Labute approximate surface area is 63.4 Å². The number of aromatic nitrogens is 2. The molecule has 0 aromatic carbocycles. The van der Waals surface area contributed by atoms with Gasteiger partial charge in [-0.1, -0.05) is 0 Å². The van der Waals surface area contributed by atoms with Crippen molar-refractivity contribution in [2.24, 2.45) is 0 Å². The minimum atomic E-state index is -0.123. The predicted octanol–water partition coefficient (Wildman–Crippen LogP) is 1.14. The van der Waals surface area contributed by atoms with Gasteiger partial charge in [0.25, 0.3) is 0 Å². The molecule has 0 spiro atoms. The largest absolute Gasteiger partial charge is 0.340 e. The van der Waals surface area contributed by atoms with Crippen LogP contribution < -0.4 is 0 Å². The Kier molecular flexibility index (Phi) is 2.06. The number of carbonyl (C=O) groups is 1. The molecule has 1 N–H and O–H groups in total. The minimum absolute atomic E-state index is 0.00162. The van der Waals surface area contributed by atoms with E-state index in [1.807, 2.05) is 0 Å². The number of hydrogen-bond acceptors (Lipinski definition) is 2. The van der Waals surface area contributed by atoms with Crippen LogP contribution in [0.3, 0.4) is 0 Å². The Morgan fingerprint density at radius 1 is 1.90 bits per heavy atom. The highest BCUT2D eigenvalue weighted by Crippen LogP contribution is 1.97. The second-order valence-corrected chi connectivity index (χ2v) is 2.21. The smallest absolute Gasteiger partial charge is 0.195 e. The zero-order chi connectivity index (χ0) is 7.56. The first-order valence-corrected chi connectivity index (χ1v) is 3.38. The van der Waals surface area contributed by atoms with E-state index in [1.165, 1.54) is 6.20 Å². The molecule has 10 heavy (non-hydrogen) atoms. The van der Waals surface area contributed by atoms with Crippen LogP contribution in [-0.2, 0) is 0 Å². The molecule has 0 unspecified atom stereocenters. The number of rotatable bonds is 2. The number of carbonyl (C=O) groups excluding carboxylic acids is 1. The molecule has 0 aliphatic heterocycles. The summed E-state index contributed by atoms with van der Waals surface area (Å²) >= 11 is 5.30. The normalized spacial score (nSPS) is 9.80. The zero-order valence-electron chi connectivity index (χ0n) is 5.52. The van der Waals surface area contributed by atoms with E-state index in [4.69, 9.17) is 11.6 Å². The van der Waals surface area contributed by atoms with Gasteiger partial charge in [0.2, 0.25) is 0 Å². The Balaban J connectivity index is 2.85. The molecule has 0 aliphatic rings. The number of aryl methyl sites for hydroxylation is 1. The number of nitrogens with zero attached hydrogens (tertiary/aromatic N) is 1. The molecule has 0 aliphatic carbocycles. The maximum Gasteiger partial charge on any atom is 0.195 e. The molecular weight excluding hydrogens is 152 g/mol. The monoisotopic (exact) mass is 158 g/mol. The molecule has 4 heteroatoms. The molecule has 0 amide bonds. The highest BCUT2D eigenvalue weighted by molar-refractivity contribution is 6.30. The quantitative estimate of drug-likeness (QED) is 0.518. The maximum atomic E-state index is 10.8. The summed E-state index contributed by atoms with van der Waals surface area (Å²) in [7, 11) is 0. The number of H-pyrrole nitrogens is 1. The van der Waals surface area contributed by atoms with Crippen LogP contribution in [-0.4, -0.2) is 21.6 Å². The van der Waals surface area contributed by atoms with Gasteiger partial charge in [0, 0.05) is 0 Å². The van der Waals surface area contributed by atoms with Gasteiger partial charge in [-0.2, -0.15) is 0 Å². The minimum Gasteiger partial charge on any atom is -0.340 e. The third kappa shape index (κ3) is 1.36. The summed E-state index contributed by atoms with van der Waals surface area (Å²) in [6.45, 7) is 1.78. The van der Waals surface area contributed by atoms with Crippen LogP contribution in [0.15, 0.2) is 6.20 Å². The molecule has 0 radical (unpaired) electrons. The van der Waals surface area contributed by atoms with Gasteiger partial charge in [-0.15, -0.1) is 11.6 Å². The van der Waals surface area contributed by atoms with Gasteiger partial charge < -0.3 is 4.98 Å². The molecule has 0 saturated carbocycles. The number of nitrogens with one attached hydrogen (secondary N) is 1. The molecule has 1 aromatic heterocycles. The molecule has 0 atom stereocenters. The lowest BCUT2D eigenvalue weighted by Crippen LogP contribution is -1.99. The van der Waals surface area contributed by atoms with E-state index >= 15 is 0 Å². The topological polar surface area (TPSA) is 45.8 Å². The Morgan fingerprint density at radius 3 is 3.00 bits per heavy atom. The Hall–Kier alpha value is -0.830. The van der Waals surface area contributed by atoms with Crippen molar-refractivity contribution in [1.29, 1.82) is 0 Å². The van der Waals surface area contributed by atoms with Crippen molar-refractivity contribution in [1.82, 2.24) is 9.97 Å². The van der Waals surface area contributed by atoms with Gasteiger partial charge in [-0.25, -0.2) is 4.98 Å². The highest BCUT2D eigenvalue weighted by atomic mass is 35.5. The summed E-state index contributed by atoms with van der Waals surface area (Å²) in [6, 6.07) is 0. The molecule has 0 fully saturated rings. The van der Waals surface area contributed by atoms with Crippen LogP contribution in [0.25, 0.3) is 0 Å². The van der Waals surface area contributed by atoms with Gasteiger partial charge in [0.1, 0.15) is 11.5 Å². The van der Waals surface area contributed by atoms with Crippen LogP contribution in [0.1, 0.15) is 16.3 Å². The first-order chi connectivity index (χ1) is 4.74. The van der Waals surface area contributed by atoms with Crippen molar-refractivity contribution < 1.29 is 4.79 Å². The molecule has 3 nitrogen and oxygen atoms in total. The Bertz CT molecular complexity index is 244. The summed E-state index contributed by atoms with van der Waals surface area (Å²) in [5.74, 6) is 0.609. The van der Waals surface area contributed by atoms with Gasteiger partial charge in [0.15, 0.2) is 5.78 Å². The third-order valence-electron chi connectivity index (χ3n) is 1.12. The summed E-state index contributed by atoms with van der Waals surface area (Å²) in [5, 5.41) is 0.